The smallest absolute Gasteiger partial charge is 0.354 e. The lowest BCUT2D eigenvalue weighted by molar-refractivity contribution is 0.0589. The number of carbonyl (C=O) groups is 1. The SMILES string of the molecule is COC(=O)c1cc(N)cn1Cc1cc(F)cc(C#N)c1. The van der Waals surface area contributed by atoms with E-state index in [0.717, 1.165) is 6.07 Å². The minimum Gasteiger partial charge on any atom is -0.464 e. The van der Waals surface area contributed by atoms with Gasteiger partial charge in [-0.25, -0.2) is 9.18 Å². The average Bonchev–Trinajstić information content (AvgIpc) is 2.77. The summed E-state index contributed by atoms with van der Waals surface area (Å²) in [6.45, 7) is 0.216. The highest BCUT2D eigenvalue weighted by Gasteiger charge is 2.14. The Hall–Kier alpha value is -2.81. The first-order valence-corrected chi connectivity index (χ1v) is 5.77. The molecule has 0 saturated heterocycles. The van der Waals surface area contributed by atoms with Crippen LogP contribution in [0.3, 0.4) is 0 Å². The molecule has 6 heteroatoms. The fraction of sp³-hybridized carbons (Fsp3) is 0.143. The molecule has 1 aromatic heterocycles. The summed E-state index contributed by atoms with van der Waals surface area (Å²) in [4.78, 5) is 11.6. The third-order valence-electron chi connectivity index (χ3n) is 2.75. The van der Waals surface area contributed by atoms with Crippen LogP contribution in [0.5, 0.6) is 0 Å². The summed E-state index contributed by atoms with van der Waals surface area (Å²) in [6.07, 6.45) is 1.56. The highest BCUT2D eigenvalue weighted by Crippen LogP contribution is 2.16. The van der Waals surface area contributed by atoms with Crippen LogP contribution in [0.2, 0.25) is 0 Å². The quantitative estimate of drug-likeness (QED) is 0.866. The number of nitrogens with two attached hydrogens (primary N) is 1. The van der Waals surface area contributed by atoms with Gasteiger partial charge in [-0.2, -0.15) is 5.26 Å². The van der Waals surface area contributed by atoms with E-state index in [1.807, 2.05) is 6.07 Å². The maximum absolute atomic E-state index is 13.4. The monoisotopic (exact) mass is 273 g/mol. The second-order valence-electron chi connectivity index (χ2n) is 4.24. The van der Waals surface area contributed by atoms with E-state index in [4.69, 9.17) is 11.0 Å². The molecule has 0 atom stereocenters. The summed E-state index contributed by atoms with van der Waals surface area (Å²) in [5, 5.41) is 8.82. The van der Waals surface area contributed by atoms with Crippen molar-refractivity contribution in [3.05, 3.63) is 53.1 Å². The Balaban J connectivity index is 2.38. The predicted molar refractivity (Wildman–Crippen MR) is 70.4 cm³/mol. The fourth-order valence-corrected chi connectivity index (χ4v) is 1.94. The standard InChI is InChI=1S/C14H12FN3O2/c1-20-14(19)13-5-12(17)8-18(13)7-10-2-9(6-16)3-11(15)4-10/h2-5,8H,7,17H2,1H3. The summed E-state index contributed by atoms with van der Waals surface area (Å²) in [5.41, 5.74) is 7.11. The molecule has 20 heavy (non-hydrogen) atoms. The highest BCUT2D eigenvalue weighted by molar-refractivity contribution is 5.89. The number of ether oxygens (including phenoxy) is 1. The zero-order valence-corrected chi connectivity index (χ0v) is 10.8. The van der Waals surface area contributed by atoms with Crippen LogP contribution in [-0.2, 0) is 11.3 Å². The summed E-state index contributed by atoms with van der Waals surface area (Å²) >= 11 is 0. The van der Waals surface area contributed by atoms with E-state index in [2.05, 4.69) is 4.74 Å². The van der Waals surface area contributed by atoms with E-state index in [0.29, 0.717) is 11.3 Å². The van der Waals surface area contributed by atoms with Crippen LogP contribution in [0.1, 0.15) is 21.6 Å². The molecule has 2 rings (SSSR count). The molecule has 0 fully saturated rings. The number of esters is 1. The van der Waals surface area contributed by atoms with Crippen LogP contribution >= 0.6 is 0 Å². The number of nitrogens with zero attached hydrogens (tertiary/aromatic N) is 2. The Morgan fingerprint density at radius 3 is 2.85 bits per heavy atom. The second-order valence-corrected chi connectivity index (χ2v) is 4.24. The van der Waals surface area contributed by atoms with Crippen LogP contribution in [0.25, 0.3) is 0 Å². The van der Waals surface area contributed by atoms with Gasteiger partial charge < -0.3 is 15.0 Å². The number of rotatable bonds is 3. The Morgan fingerprint density at radius 1 is 1.45 bits per heavy atom. The minimum atomic E-state index is -0.529. The third-order valence-corrected chi connectivity index (χ3v) is 2.75. The first-order valence-electron chi connectivity index (χ1n) is 5.77. The van der Waals surface area contributed by atoms with E-state index < -0.39 is 11.8 Å². The molecule has 1 heterocycles. The number of halogens is 1. The van der Waals surface area contributed by atoms with Gasteiger partial charge in [0.1, 0.15) is 11.5 Å². The number of nitrogen functional groups attached to an aromatic ring is 1. The number of anilines is 1. The minimum absolute atomic E-state index is 0.216. The Labute approximate surface area is 115 Å². The van der Waals surface area contributed by atoms with Crippen LogP contribution in [0, 0.1) is 17.1 Å². The number of methoxy groups -OCH3 is 1. The normalized spacial score (nSPS) is 10.1. The van der Waals surface area contributed by atoms with Crippen molar-refractivity contribution in [1.82, 2.24) is 4.57 Å². The summed E-state index contributed by atoms with van der Waals surface area (Å²) < 4.78 is 19.6. The molecule has 0 bridgehead atoms. The molecule has 0 aliphatic carbocycles. The number of aromatic nitrogens is 1. The second kappa shape index (κ2) is 5.45. The van der Waals surface area contributed by atoms with Gasteiger partial charge in [-0.05, 0) is 29.8 Å². The van der Waals surface area contributed by atoms with Crippen molar-refractivity contribution >= 4 is 11.7 Å². The Bertz CT molecular complexity index is 701. The molecule has 0 spiro atoms. The van der Waals surface area contributed by atoms with Crippen molar-refractivity contribution in [3.63, 3.8) is 0 Å². The Kier molecular flexibility index (Phi) is 3.71. The maximum atomic E-state index is 13.4. The van der Waals surface area contributed by atoms with Crippen molar-refractivity contribution in [3.8, 4) is 6.07 Å². The average molecular weight is 273 g/mol. The number of hydrogen-bond donors (Lipinski definition) is 1. The molecule has 102 valence electrons. The molecule has 1 aromatic carbocycles. The van der Waals surface area contributed by atoms with Gasteiger partial charge in [0.05, 0.1) is 24.4 Å². The lowest BCUT2D eigenvalue weighted by Gasteiger charge is -2.08. The first-order chi connectivity index (χ1) is 9.53. The van der Waals surface area contributed by atoms with Gasteiger partial charge in [-0.15, -0.1) is 0 Å². The molecule has 0 aliphatic rings. The number of nitriles is 1. The molecule has 2 N–H and O–H groups in total. The van der Waals surface area contributed by atoms with Gasteiger partial charge in [-0.3, -0.25) is 0 Å². The first kappa shape index (κ1) is 13.6. The van der Waals surface area contributed by atoms with E-state index >= 15 is 0 Å². The van der Waals surface area contributed by atoms with Crippen LogP contribution in [0.15, 0.2) is 30.5 Å². The van der Waals surface area contributed by atoms with E-state index in [-0.39, 0.29) is 17.8 Å². The van der Waals surface area contributed by atoms with Gasteiger partial charge in [0.15, 0.2) is 0 Å². The van der Waals surface area contributed by atoms with Crippen LogP contribution in [0.4, 0.5) is 10.1 Å². The molecule has 0 radical (unpaired) electrons. The molecule has 0 aliphatic heterocycles. The molecule has 0 amide bonds. The van der Waals surface area contributed by atoms with Crippen molar-refractivity contribution in [2.24, 2.45) is 0 Å². The number of carbonyl (C=O) groups excluding carboxylic acids is 1. The topological polar surface area (TPSA) is 81.0 Å². The van der Waals surface area contributed by atoms with E-state index in [1.165, 1.54) is 19.2 Å². The van der Waals surface area contributed by atoms with E-state index in [9.17, 15) is 9.18 Å². The molecule has 0 unspecified atom stereocenters. The van der Waals surface area contributed by atoms with Gasteiger partial charge in [0.25, 0.3) is 0 Å². The number of hydrogen-bond acceptors (Lipinski definition) is 4. The molecular weight excluding hydrogens is 261 g/mol. The van der Waals surface area contributed by atoms with Crippen LogP contribution < -0.4 is 5.73 Å². The number of benzene rings is 1. The van der Waals surface area contributed by atoms with Crippen molar-refractivity contribution in [2.75, 3.05) is 12.8 Å². The predicted octanol–water partition coefficient (Wildman–Crippen LogP) is 1.92. The van der Waals surface area contributed by atoms with Gasteiger partial charge in [0.2, 0.25) is 0 Å². The highest BCUT2D eigenvalue weighted by atomic mass is 19.1. The lowest BCUT2D eigenvalue weighted by atomic mass is 10.1. The zero-order valence-electron chi connectivity index (χ0n) is 10.8. The third kappa shape index (κ3) is 2.78. The Morgan fingerprint density at radius 2 is 2.20 bits per heavy atom. The maximum Gasteiger partial charge on any atom is 0.354 e. The zero-order chi connectivity index (χ0) is 14.7. The van der Waals surface area contributed by atoms with Crippen molar-refractivity contribution in [2.45, 2.75) is 6.54 Å². The van der Waals surface area contributed by atoms with Gasteiger partial charge in [0, 0.05) is 12.7 Å². The van der Waals surface area contributed by atoms with Gasteiger partial charge in [-0.1, -0.05) is 0 Å². The van der Waals surface area contributed by atoms with Crippen LogP contribution in [-0.4, -0.2) is 17.6 Å². The van der Waals surface area contributed by atoms with Crippen molar-refractivity contribution < 1.29 is 13.9 Å². The van der Waals surface area contributed by atoms with Gasteiger partial charge >= 0.3 is 5.97 Å². The summed E-state index contributed by atoms with van der Waals surface area (Å²) in [7, 11) is 1.27. The summed E-state index contributed by atoms with van der Waals surface area (Å²) in [6, 6.07) is 7.37. The molecular formula is C14H12FN3O2. The molecule has 2 aromatic rings. The molecule has 0 saturated carbocycles. The largest absolute Gasteiger partial charge is 0.464 e. The summed E-state index contributed by atoms with van der Waals surface area (Å²) in [5.74, 6) is -1.03. The van der Waals surface area contributed by atoms with E-state index in [1.54, 1.807) is 16.8 Å². The molecule has 5 nitrogen and oxygen atoms in total. The van der Waals surface area contributed by atoms with Crippen molar-refractivity contribution in [1.29, 1.82) is 5.26 Å². The fourth-order valence-electron chi connectivity index (χ4n) is 1.94. The lowest BCUT2D eigenvalue weighted by Crippen LogP contribution is -2.10.